The molecule has 9 nitrogen and oxygen atoms in total. The summed E-state index contributed by atoms with van der Waals surface area (Å²) < 4.78 is 7.39. The second-order valence-corrected chi connectivity index (χ2v) is 5.06. The number of amides is 1. The van der Waals surface area contributed by atoms with Gasteiger partial charge < -0.3 is 4.52 Å². The summed E-state index contributed by atoms with van der Waals surface area (Å²) in [6.45, 7) is 3.71. The number of carbonyl (C=O) groups excluding carboxylic acids is 1. The predicted octanol–water partition coefficient (Wildman–Crippen LogP) is 0.641. The van der Waals surface area contributed by atoms with Crippen molar-refractivity contribution in [2.45, 2.75) is 26.3 Å². The van der Waals surface area contributed by atoms with Crippen molar-refractivity contribution in [1.82, 2.24) is 24.3 Å². The Morgan fingerprint density at radius 2 is 2.27 bits per heavy atom. The fourth-order valence-electron chi connectivity index (χ4n) is 1.92. The van der Waals surface area contributed by atoms with Crippen LogP contribution in [0.25, 0.3) is 5.65 Å². The van der Waals surface area contributed by atoms with E-state index in [4.69, 9.17) is 4.52 Å². The molecule has 0 fully saturated rings. The van der Waals surface area contributed by atoms with Crippen LogP contribution in [0.15, 0.2) is 34.0 Å². The van der Waals surface area contributed by atoms with E-state index >= 15 is 0 Å². The molecule has 22 heavy (non-hydrogen) atoms. The number of nitrogens with one attached hydrogen (secondary N) is 1. The first-order chi connectivity index (χ1) is 10.5. The molecule has 0 aliphatic heterocycles. The van der Waals surface area contributed by atoms with Gasteiger partial charge in [-0.15, -0.1) is 5.10 Å². The van der Waals surface area contributed by atoms with Crippen molar-refractivity contribution < 1.29 is 9.32 Å². The van der Waals surface area contributed by atoms with Gasteiger partial charge in [-0.1, -0.05) is 19.0 Å². The minimum Gasteiger partial charge on any atom is -0.338 e. The first kappa shape index (κ1) is 14.0. The Bertz CT molecular complexity index is 875. The molecule has 114 valence electrons. The standard InChI is InChI=1S/C13H14N6O3/c1-8(2)9-5-12(22-17-9)15-11(20)7-19-13(21)18-4-3-14-6-10(18)16-19/h3-6,8H,7H2,1-2H3,(H,15,20). The number of hydrogen-bond acceptors (Lipinski definition) is 6. The average Bonchev–Trinajstić information content (AvgIpc) is 3.06. The number of fused-ring (bicyclic) bond motifs is 1. The highest BCUT2D eigenvalue weighted by atomic mass is 16.5. The van der Waals surface area contributed by atoms with Gasteiger partial charge in [0.25, 0.3) is 0 Å². The van der Waals surface area contributed by atoms with Crippen molar-refractivity contribution >= 4 is 17.4 Å². The monoisotopic (exact) mass is 302 g/mol. The van der Waals surface area contributed by atoms with E-state index in [0.29, 0.717) is 5.65 Å². The van der Waals surface area contributed by atoms with Crippen LogP contribution in [0.2, 0.25) is 0 Å². The number of aromatic nitrogens is 5. The lowest BCUT2D eigenvalue weighted by atomic mass is 10.1. The van der Waals surface area contributed by atoms with Gasteiger partial charge in [0.1, 0.15) is 6.54 Å². The summed E-state index contributed by atoms with van der Waals surface area (Å²) in [5.74, 6) is 0.0139. The molecule has 0 spiro atoms. The third-order valence-electron chi connectivity index (χ3n) is 3.06. The van der Waals surface area contributed by atoms with Crippen molar-refractivity contribution in [2.75, 3.05) is 5.32 Å². The van der Waals surface area contributed by atoms with Gasteiger partial charge in [-0.05, 0) is 5.92 Å². The zero-order valence-corrected chi connectivity index (χ0v) is 12.1. The molecule has 3 heterocycles. The Kier molecular flexibility index (Phi) is 3.45. The van der Waals surface area contributed by atoms with Crippen LogP contribution in [0.5, 0.6) is 0 Å². The third kappa shape index (κ3) is 2.60. The number of carbonyl (C=O) groups is 1. The molecule has 9 heteroatoms. The van der Waals surface area contributed by atoms with Crippen LogP contribution < -0.4 is 11.0 Å². The van der Waals surface area contributed by atoms with Gasteiger partial charge in [0.15, 0.2) is 5.65 Å². The van der Waals surface area contributed by atoms with Crippen LogP contribution in [0, 0.1) is 0 Å². The fourth-order valence-corrected chi connectivity index (χ4v) is 1.92. The summed E-state index contributed by atoms with van der Waals surface area (Å²) in [5, 5.41) is 10.4. The molecule has 0 aromatic carbocycles. The summed E-state index contributed by atoms with van der Waals surface area (Å²) in [6.07, 6.45) is 4.41. The molecule has 3 aromatic rings. The van der Waals surface area contributed by atoms with E-state index in [-0.39, 0.29) is 18.3 Å². The second kappa shape index (κ2) is 5.43. The van der Waals surface area contributed by atoms with E-state index in [1.807, 2.05) is 13.8 Å². The Labute approximate surface area is 124 Å². The molecule has 1 N–H and O–H groups in total. The fraction of sp³-hybridized carbons (Fsp3) is 0.308. The minimum atomic E-state index is -0.426. The predicted molar refractivity (Wildman–Crippen MR) is 76.5 cm³/mol. The van der Waals surface area contributed by atoms with Gasteiger partial charge in [-0.3, -0.25) is 15.1 Å². The molecule has 0 radical (unpaired) electrons. The molecule has 0 atom stereocenters. The van der Waals surface area contributed by atoms with Gasteiger partial charge in [0.2, 0.25) is 11.8 Å². The highest BCUT2D eigenvalue weighted by molar-refractivity contribution is 5.89. The van der Waals surface area contributed by atoms with Crippen molar-refractivity contribution in [2.24, 2.45) is 0 Å². The molecule has 3 aromatic heterocycles. The first-order valence-electron chi connectivity index (χ1n) is 6.70. The minimum absolute atomic E-state index is 0.197. The molecular weight excluding hydrogens is 288 g/mol. The zero-order valence-electron chi connectivity index (χ0n) is 12.1. The molecule has 0 saturated heterocycles. The largest absolute Gasteiger partial charge is 0.350 e. The molecule has 0 saturated carbocycles. The maximum absolute atomic E-state index is 12.0. The topological polar surface area (TPSA) is 107 Å². The van der Waals surface area contributed by atoms with E-state index in [1.165, 1.54) is 23.0 Å². The molecule has 0 bridgehead atoms. The van der Waals surface area contributed by atoms with Crippen LogP contribution in [-0.2, 0) is 11.3 Å². The van der Waals surface area contributed by atoms with Gasteiger partial charge in [-0.2, -0.15) is 0 Å². The quantitative estimate of drug-likeness (QED) is 0.758. The van der Waals surface area contributed by atoms with Crippen molar-refractivity contribution in [3.63, 3.8) is 0 Å². The summed E-state index contributed by atoms with van der Waals surface area (Å²) in [5.41, 5.74) is 0.710. The molecule has 0 aliphatic rings. The number of hydrogen-bond donors (Lipinski definition) is 1. The Morgan fingerprint density at radius 3 is 2.95 bits per heavy atom. The van der Waals surface area contributed by atoms with E-state index in [1.54, 1.807) is 6.07 Å². The number of anilines is 1. The van der Waals surface area contributed by atoms with Gasteiger partial charge >= 0.3 is 5.69 Å². The average molecular weight is 302 g/mol. The Morgan fingerprint density at radius 1 is 1.45 bits per heavy atom. The summed E-state index contributed by atoms with van der Waals surface area (Å²) in [4.78, 5) is 27.9. The van der Waals surface area contributed by atoms with Crippen molar-refractivity contribution in [1.29, 1.82) is 0 Å². The second-order valence-electron chi connectivity index (χ2n) is 5.06. The van der Waals surface area contributed by atoms with Crippen LogP contribution >= 0.6 is 0 Å². The molecule has 1 amide bonds. The summed E-state index contributed by atoms with van der Waals surface area (Å²) in [6, 6.07) is 1.65. The van der Waals surface area contributed by atoms with Gasteiger partial charge in [0.05, 0.1) is 11.9 Å². The Hall–Kier alpha value is -2.97. The van der Waals surface area contributed by atoms with E-state index in [2.05, 4.69) is 20.6 Å². The van der Waals surface area contributed by atoms with Gasteiger partial charge in [0, 0.05) is 18.5 Å². The van der Waals surface area contributed by atoms with Crippen LogP contribution in [0.4, 0.5) is 5.88 Å². The smallest absolute Gasteiger partial charge is 0.338 e. The molecule has 3 rings (SSSR count). The van der Waals surface area contributed by atoms with Crippen molar-refractivity contribution in [3.8, 4) is 0 Å². The summed E-state index contributed by atoms with van der Waals surface area (Å²) in [7, 11) is 0. The summed E-state index contributed by atoms with van der Waals surface area (Å²) >= 11 is 0. The molecular formula is C13H14N6O3. The highest BCUT2D eigenvalue weighted by Gasteiger charge is 2.13. The van der Waals surface area contributed by atoms with Crippen LogP contribution in [-0.4, -0.2) is 30.2 Å². The third-order valence-corrected chi connectivity index (χ3v) is 3.06. The zero-order chi connectivity index (χ0) is 15.7. The maximum Gasteiger partial charge on any atom is 0.350 e. The highest BCUT2D eigenvalue weighted by Crippen LogP contribution is 2.17. The molecule has 0 aliphatic carbocycles. The van der Waals surface area contributed by atoms with Crippen LogP contribution in [0.3, 0.4) is 0 Å². The van der Waals surface area contributed by atoms with E-state index < -0.39 is 11.6 Å². The first-order valence-corrected chi connectivity index (χ1v) is 6.70. The number of rotatable bonds is 4. The number of nitrogens with zero attached hydrogens (tertiary/aromatic N) is 5. The van der Waals surface area contributed by atoms with Gasteiger partial charge in [-0.25, -0.2) is 13.9 Å². The molecule has 0 unspecified atom stereocenters. The lowest BCUT2D eigenvalue weighted by Gasteiger charge is -1.99. The van der Waals surface area contributed by atoms with Crippen LogP contribution in [0.1, 0.15) is 25.5 Å². The van der Waals surface area contributed by atoms with E-state index in [0.717, 1.165) is 10.4 Å². The lowest BCUT2D eigenvalue weighted by Crippen LogP contribution is -2.28. The SMILES string of the molecule is CC(C)c1cc(NC(=O)Cn2nc3cnccn3c2=O)on1. The normalized spacial score (nSPS) is 11.2. The lowest BCUT2D eigenvalue weighted by molar-refractivity contribution is -0.117. The van der Waals surface area contributed by atoms with E-state index in [9.17, 15) is 9.59 Å². The Balaban J connectivity index is 1.75. The van der Waals surface area contributed by atoms with Crippen molar-refractivity contribution in [3.05, 3.63) is 40.8 Å². The maximum atomic E-state index is 12.0.